The first-order valence-electron chi connectivity index (χ1n) is 12.6. The molecule has 38 heavy (non-hydrogen) atoms. The van der Waals surface area contributed by atoms with E-state index in [1.54, 1.807) is 0 Å². The average Bonchev–Trinajstić information content (AvgIpc) is 3.40. The number of ketones is 1. The Morgan fingerprint density at radius 2 is 1.79 bits per heavy atom. The van der Waals surface area contributed by atoms with Gasteiger partial charge in [-0.3, -0.25) is 14.4 Å². The number of nitrogens with zero attached hydrogens (tertiary/aromatic N) is 1. The number of carbonyl (C=O) groups excluding carboxylic acids is 4. The quantitative estimate of drug-likeness (QED) is 0.465. The van der Waals surface area contributed by atoms with Crippen molar-refractivity contribution >= 4 is 29.8 Å². The Morgan fingerprint density at radius 3 is 2.55 bits per heavy atom. The topological polar surface area (TPSA) is 111 Å². The van der Waals surface area contributed by atoms with Gasteiger partial charge in [0.1, 0.15) is 31.2 Å². The van der Waals surface area contributed by atoms with E-state index in [-0.39, 0.29) is 19.3 Å². The molecule has 1 aromatic rings. The molecule has 0 bridgehead atoms. The van der Waals surface area contributed by atoms with Gasteiger partial charge in [0.25, 0.3) is 0 Å². The molecule has 9 nitrogen and oxygen atoms in total. The van der Waals surface area contributed by atoms with Crippen molar-refractivity contribution in [2.45, 2.75) is 57.1 Å². The van der Waals surface area contributed by atoms with Crippen LogP contribution in [0, 0.1) is 23.4 Å². The van der Waals surface area contributed by atoms with Crippen LogP contribution in [0.1, 0.15) is 50.5 Å². The molecule has 2 atom stereocenters. The summed E-state index contributed by atoms with van der Waals surface area (Å²) in [5.41, 5.74) is -0.458. The Labute approximate surface area is 217 Å². The summed E-state index contributed by atoms with van der Waals surface area (Å²) >= 11 is 0. The summed E-state index contributed by atoms with van der Waals surface area (Å²) in [4.78, 5) is 52.2. The van der Waals surface area contributed by atoms with Gasteiger partial charge in [-0.25, -0.2) is 13.6 Å². The lowest BCUT2D eigenvalue weighted by Crippen LogP contribution is -2.51. The Hall–Kier alpha value is -3.57. The van der Waals surface area contributed by atoms with E-state index in [0.29, 0.717) is 25.5 Å². The molecule has 1 saturated heterocycles. The number of hydrogen-bond donors (Lipinski definition) is 1. The van der Waals surface area contributed by atoms with E-state index >= 15 is 0 Å². The Kier molecular flexibility index (Phi) is 8.90. The monoisotopic (exact) mass is 538 g/mol. The number of carbonyl (C=O) groups is 4. The molecular weight excluding hydrogens is 509 g/mol. The van der Waals surface area contributed by atoms with Crippen molar-refractivity contribution < 1.29 is 46.6 Å². The standard InChI is InChI=1S/C26H29F3N2O7/c27-18-11-19(28)23(29)24-17(18)8-4-10-36-22(33)12-20(21(32)14-37-24)30-25(34)15-5-3-9-31(13-15)26(35)38-16-6-1-2-7-16/h4,8,11,15-16,20H,1-3,5-7,9-10,12-14H2,(H,30,34)/b8-4+/t15-,20+/m1/s1. The molecule has 0 unspecified atom stereocenters. The lowest BCUT2D eigenvalue weighted by Gasteiger charge is -2.32. The fraction of sp³-hybridized carbons (Fsp3) is 0.538. The van der Waals surface area contributed by atoms with Gasteiger partial charge >= 0.3 is 12.1 Å². The highest BCUT2D eigenvalue weighted by Crippen LogP contribution is 2.30. The van der Waals surface area contributed by atoms with Crippen molar-refractivity contribution in [3.05, 3.63) is 35.2 Å². The number of ether oxygens (including phenoxy) is 3. The van der Waals surface area contributed by atoms with E-state index in [4.69, 9.17) is 14.2 Å². The van der Waals surface area contributed by atoms with Gasteiger partial charge in [0, 0.05) is 19.2 Å². The van der Waals surface area contributed by atoms with Crippen LogP contribution in [0.15, 0.2) is 12.1 Å². The summed E-state index contributed by atoms with van der Waals surface area (Å²) in [6, 6.07) is -1.06. The number of piperidine rings is 1. The van der Waals surface area contributed by atoms with Crippen molar-refractivity contribution in [3.63, 3.8) is 0 Å². The molecule has 1 aromatic carbocycles. The highest BCUT2D eigenvalue weighted by molar-refractivity contribution is 5.93. The van der Waals surface area contributed by atoms with Crippen molar-refractivity contribution in [2.75, 3.05) is 26.3 Å². The third kappa shape index (κ3) is 6.65. The molecule has 2 fully saturated rings. The van der Waals surface area contributed by atoms with E-state index in [1.807, 2.05) is 0 Å². The van der Waals surface area contributed by atoms with Crippen molar-refractivity contribution in [1.29, 1.82) is 0 Å². The molecule has 1 aliphatic carbocycles. The largest absolute Gasteiger partial charge is 0.482 e. The van der Waals surface area contributed by atoms with Crippen molar-refractivity contribution in [2.24, 2.45) is 5.92 Å². The number of Topliss-reactive ketones (excluding diaryl/α,β-unsaturated/α-hetero) is 1. The van der Waals surface area contributed by atoms with Crippen LogP contribution >= 0.6 is 0 Å². The van der Waals surface area contributed by atoms with Gasteiger partial charge in [0.15, 0.2) is 17.3 Å². The molecule has 4 rings (SSSR count). The first-order chi connectivity index (χ1) is 18.2. The van der Waals surface area contributed by atoms with Gasteiger partial charge in [-0.2, -0.15) is 4.39 Å². The maximum absolute atomic E-state index is 14.4. The maximum Gasteiger partial charge on any atom is 0.410 e. The highest BCUT2D eigenvalue weighted by Gasteiger charge is 2.34. The van der Waals surface area contributed by atoms with Gasteiger partial charge < -0.3 is 24.4 Å². The number of fused-ring (bicyclic) bond motifs is 1. The van der Waals surface area contributed by atoms with Gasteiger partial charge in [-0.1, -0.05) is 0 Å². The van der Waals surface area contributed by atoms with Gasteiger partial charge in [0.05, 0.1) is 17.9 Å². The van der Waals surface area contributed by atoms with Crippen LogP contribution in [-0.2, 0) is 23.9 Å². The fourth-order valence-corrected chi connectivity index (χ4v) is 4.78. The second-order valence-electron chi connectivity index (χ2n) is 9.58. The van der Waals surface area contributed by atoms with E-state index in [9.17, 15) is 32.3 Å². The predicted molar refractivity (Wildman–Crippen MR) is 126 cm³/mol. The normalized spacial score (nSPS) is 23.8. The zero-order valence-electron chi connectivity index (χ0n) is 20.7. The van der Waals surface area contributed by atoms with Crippen LogP contribution in [0.5, 0.6) is 5.75 Å². The minimum Gasteiger partial charge on any atom is -0.482 e. The summed E-state index contributed by atoms with van der Waals surface area (Å²) in [6.45, 7) is -0.694. The van der Waals surface area contributed by atoms with Gasteiger partial charge in [-0.05, 0) is 50.7 Å². The summed E-state index contributed by atoms with van der Waals surface area (Å²) in [5, 5.41) is 2.51. The number of halogens is 3. The first-order valence-corrected chi connectivity index (χ1v) is 12.6. The molecule has 1 N–H and O–H groups in total. The number of hydrogen-bond acceptors (Lipinski definition) is 7. The molecule has 0 spiro atoms. The van der Waals surface area contributed by atoms with Gasteiger partial charge in [0.2, 0.25) is 11.7 Å². The van der Waals surface area contributed by atoms with E-state index in [0.717, 1.165) is 31.8 Å². The number of likely N-dealkylation sites (tertiary alicyclic amines) is 1. The van der Waals surface area contributed by atoms with E-state index in [1.165, 1.54) is 11.0 Å². The smallest absolute Gasteiger partial charge is 0.410 e. The third-order valence-electron chi connectivity index (χ3n) is 6.84. The second kappa shape index (κ2) is 12.3. The van der Waals surface area contributed by atoms with Gasteiger partial charge in [-0.15, -0.1) is 0 Å². The summed E-state index contributed by atoms with van der Waals surface area (Å²) in [6.07, 6.45) is 5.75. The van der Waals surface area contributed by atoms with Crippen LogP contribution in [-0.4, -0.2) is 67.1 Å². The zero-order chi connectivity index (χ0) is 27.2. The molecule has 12 heteroatoms. The summed E-state index contributed by atoms with van der Waals surface area (Å²) in [5.74, 6) is -7.80. The summed E-state index contributed by atoms with van der Waals surface area (Å²) < 4.78 is 58.0. The molecule has 0 radical (unpaired) electrons. The first kappa shape index (κ1) is 27.5. The Balaban J connectivity index is 1.43. The van der Waals surface area contributed by atoms with Crippen molar-refractivity contribution in [1.82, 2.24) is 10.2 Å². The number of esters is 1. The molecule has 2 heterocycles. The molecule has 0 aromatic heterocycles. The van der Waals surface area contributed by atoms with Crippen LogP contribution in [0.25, 0.3) is 6.08 Å². The molecular formula is C26H29F3N2O7. The van der Waals surface area contributed by atoms with Crippen LogP contribution in [0.3, 0.4) is 0 Å². The van der Waals surface area contributed by atoms with Crippen LogP contribution in [0.4, 0.5) is 18.0 Å². The molecule has 2 aliphatic heterocycles. The third-order valence-corrected chi connectivity index (χ3v) is 6.84. The number of rotatable bonds is 3. The number of cyclic esters (lactones) is 1. The second-order valence-corrected chi connectivity index (χ2v) is 9.58. The van der Waals surface area contributed by atoms with Crippen LogP contribution < -0.4 is 10.1 Å². The summed E-state index contributed by atoms with van der Waals surface area (Å²) in [7, 11) is 0. The van der Waals surface area contributed by atoms with Crippen LogP contribution in [0.2, 0.25) is 0 Å². The fourth-order valence-electron chi connectivity index (χ4n) is 4.78. The van der Waals surface area contributed by atoms with Crippen molar-refractivity contribution in [3.8, 4) is 5.75 Å². The predicted octanol–water partition coefficient (Wildman–Crippen LogP) is 3.29. The number of amides is 2. The highest BCUT2D eigenvalue weighted by atomic mass is 19.2. The van der Waals surface area contributed by atoms with E-state index in [2.05, 4.69) is 5.32 Å². The lowest BCUT2D eigenvalue weighted by atomic mass is 9.96. The average molecular weight is 539 g/mol. The maximum atomic E-state index is 14.4. The van der Waals surface area contributed by atoms with E-state index < -0.39 is 77.5 Å². The molecule has 206 valence electrons. The zero-order valence-corrected chi connectivity index (χ0v) is 20.7. The molecule has 1 saturated carbocycles. The Morgan fingerprint density at radius 1 is 1.03 bits per heavy atom. The molecule has 2 amide bonds. The number of nitrogens with one attached hydrogen (secondary N) is 1. The SMILES string of the molecule is O=C1C[C@H](NC(=O)[C@@H]2CCCN(C(=O)OC3CCCC3)C2)C(=O)COc2c(F)c(F)cc(F)c2/C=C/CO1. The Bertz CT molecular complexity index is 1120. The minimum atomic E-state index is -1.50. The lowest BCUT2D eigenvalue weighted by molar-refractivity contribution is -0.145. The molecule has 3 aliphatic rings. The number of benzene rings is 1. The minimum absolute atomic E-state index is 0.0845.